The summed E-state index contributed by atoms with van der Waals surface area (Å²) in [4.78, 5) is 14.3. The second kappa shape index (κ2) is 6.36. The van der Waals surface area contributed by atoms with Gasteiger partial charge in [0.15, 0.2) is 0 Å². The van der Waals surface area contributed by atoms with Gasteiger partial charge in [0, 0.05) is 18.2 Å². The van der Waals surface area contributed by atoms with Gasteiger partial charge in [0.25, 0.3) is 11.8 Å². The van der Waals surface area contributed by atoms with Gasteiger partial charge in [-0.25, -0.2) is 4.39 Å². The van der Waals surface area contributed by atoms with Crippen LogP contribution in [-0.4, -0.2) is 28.1 Å². The molecule has 0 aliphatic carbocycles. The van der Waals surface area contributed by atoms with Crippen LogP contribution in [0.4, 0.5) is 13.2 Å². The van der Waals surface area contributed by atoms with Gasteiger partial charge in [-0.15, -0.1) is 10.2 Å². The molecule has 0 bridgehead atoms. The molecule has 9 heteroatoms. The highest BCUT2D eigenvalue weighted by Crippen LogP contribution is 2.40. The topological polar surface area (TPSA) is 68.5 Å². The molecule has 1 aliphatic heterocycles. The molecule has 2 heterocycles. The summed E-state index contributed by atoms with van der Waals surface area (Å²) >= 11 is 0. The SMILES string of the molecule is CN1C(=O)c2cc(-c3nnc(C(F)F)o3)ccc2OC1(C)c1ccc(F)cc1. The van der Waals surface area contributed by atoms with Crippen molar-refractivity contribution < 1.29 is 27.1 Å². The summed E-state index contributed by atoms with van der Waals surface area (Å²) in [6.45, 7) is 1.70. The molecule has 0 fully saturated rings. The number of carbonyl (C=O) groups is 1. The van der Waals surface area contributed by atoms with Crippen molar-refractivity contribution in [3.63, 3.8) is 0 Å². The molecule has 28 heavy (non-hydrogen) atoms. The summed E-state index contributed by atoms with van der Waals surface area (Å²) in [6, 6.07) is 10.2. The molecular formula is C19H14F3N3O3. The lowest BCUT2D eigenvalue weighted by Crippen LogP contribution is -2.52. The van der Waals surface area contributed by atoms with Gasteiger partial charge in [0.05, 0.1) is 5.56 Å². The number of halogens is 3. The van der Waals surface area contributed by atoms with Gasteiger partial charge >= 0.3 is 6.43 Å². The zero-order valence-electron chi connectivity index (χ0n) is 14.8. The van der Waals surface area contributed by atoms with E-state index in [1.165, 1.54) is 35.2 Å². The number of nitrogens with zero attached hydrogens (tertiary/aromatic N) is 3. The van der Waals surface area contributed by atoms with Crippen LogP contribution in [0.2, 0.25) is 0 Å². The van der Waals surface area contributed by atoms with Crippen LogP contribution in [0.25, 0.3) is 11.5 Å². The number of fused-ring (bicyclic) bond motifs is 1. The number of carbonyl (C=O) groups excluding carboxylic acids is 1. The molecule has 1 unspecified atom stereocenters. The van der Waals surface area contributed by atoms with Crippen molar-refractivity contribution in [3.05, 3.63) is 65.3 Å². The number of rotatable bonds is 3. The van der Waals surface area contributed by atoms with E-state index in [9.17, 15) is 18.0 Å². The Morgan fingerprint density at radius 3 is 2.46 bits per heavy atom. The lowest BCUT2D eigenvalue weighted by Gasteiger charge is -2.43. The molecule has 1 amide bonds. The van der Waals surface area contributed by atoms with Crippen LogP contribution in [0.1, 0.15) is 35.2 Å². The smallest absolute Gasteiger partial charge is 0.314 e. The van der Waals surface area contributed by atoms with Gasteiger partial charge in [-0.2, -0.15) is 8.78 Å². The fraction of sp³-hybridized carbons (Fsp3) is 0.211. The lowest BCUT2D eigenvalue weighted by atomic mass is 9.98. The average Bonchev–Trinajstić information content (AvgIpc) is 3.17. The van der Waals surface area contributed by atoms with Crippen LogP contribution in [0.15, 0.2) is 46.9 Å². The monoisotopic (exact) mass is 389 g/mol. The van der Waals surface area contributed by atoms with Crippen molar-refractivity contribution in [2.75, 3.05) is 7.05 Å². The first-order chi connectivity index (χ1) is 13.3. The maximum Gasteiger partial charge on any atom is 0.314 e. The van der Waals surface area contributed by atoms with Gasteiger partial charge in [0.2, 0.25) is 11.6 Å². The normalized spacial score (nSPS) is 18.9. The van der Waals surface area contributed by atoms with Crippen molar-refractivity contribution in [1.82, 2.24) is 15.1 Å². The van der Waals surface area contributed by atoms with E-state index in [2.05, 4.69) is 10.2 Å². The molecule has 4 rings (SSSR count). The number of aromatic nitrogens is 2. The zero-order valence-corrected chi connectivity index (χ0v) is 14.8. The van der Waals surface area contributed by atoms with Gasteiger partial charge < -0.3 is 9.15 Å². The van der Waals surface area contributed by atoms with E-state index in [-0.39, 0.29) is 17.4 Å². The van der Waals surface area contributed by atoms with E-state index in [0.29, 0.717) is 16.9 Å². The van der Waals surface area contributed by atoms with Crippen LogP contribution in [0, 0.1) is 5.82 Å². The minimum absolute atomic E-state index is 0.125. The minimum Gasteiger partial charge on any atom is -0.463 e. The third-order valence-electron chi connectivity index (χ3n) is 4.72. The molecule has 0 saturated heterocycles. The summed E-state index contributed by atoms with van der Waals surface area (Å²) < 4.78 is 49.6. The molecule has 1 aliphatic rings. The maximum absolute atomic E-state index is 13.3. The second-order valence-electron chi connectivity index (χ2n) is 6.41. The first kappa shape index (κ1) is 18.0. The predicted molar refractivity (Wildman–Crippen MR) is 91.2 cm³/mol. The lowest BCUT2D eigenvalue weighted by molar-refractivity contribution is -0.0556. The van der Waals surface area contributed by atoms with Crippen molar-refractivity contribution in [3.8, 4) is 17.2 Å². The summed E-state index contributed by atoms with van der Waals surface area (Å²) in [5, 5.41) is 6.87. The third kappa shape index (κ3) is 2.79. The van der Waals surface area contributed by atoms with Crippen LogP contribution in [0.5, 0.6) is 5.75 Å². The Hall–Kier alpha value is -3.36. The molecule has 0 N–H and O–H groups in total. The molecule has 1 aromatic heterocycles. The highest BCUT2D eigenvalue weighted by atomic mass is 19.3. The molecule has 0 spiro atoms. The maximum atomic E-state index is 13.3. The quantitative estimate of drug-likeness (QED) is 0.673. The first-order valence-electron chi connectivity index (χ1n) is 8.29. The largest absolute Gasteiger partial charge is 0.463 e. The number of ether oxygens (including phenoxy) is 1. The molecule has 0 radical (unpaired) electrons. The average molecular weight is 389 g/mol. The fourth-order valence-corrected chi connectivity index (χ4v) is 3.03. The Morgan fingerprint density at radius 1 is 1.11 bits per heavy atom. The Balaban J connectivity index is 1.73. The van der Waals surface area contributed by atoms with E-state index < -0.39 is 23.9 Å². The molecule has 1 atom stereocenters. The van der Waals surface area contributed by atoms with Gasteiger partial charge in [-0.3, -0.25) is 9.69 Å². The second-order valence-corrected chi connectivity index (χ2v) is 6.41. The summed E-state index contributed by atoms with van der Waals surface area (Å²) in [5.41, 5.74) is -0.0182. The molecule has 2 aromatic carbocycles. The number of hydrogen-bond acceptors (Lipinski definition) is 5. The predicted octanol–water partition coefficient (Wildman–Crippen LogP) is 4.15. The molecule has 0 saturated carbocycles. The van der Waals surface area contributed by atoms with E-state index in [1.807, 2.05) is 0 Å². The van der Waals surface area contributed by atoms with Gasteiger partial charge in [0.1, 0.15) is 11.6 Å². The summed E-state index contributed by atoms with van der Waals surface area (Å²) in [7, 11) is 1.56. The van der Waals surface area contributed by atoms with Crippen molar-refractivity contribution in [2.24, 2.45) is 0 Å². The Labute approximate surface area is 157 Å². The summed E-state index contributed by atoms with van der Waals surface area (Å²) in [5.74, 6) is -1.38. The standard InChI is InChI=1S/C19H14F3N3O3/c1-19(11-4-6-12(20)7-5-11)25(2)18(26)13-9-10(3-8-14(13)28-19)16-23-24-17(27-16)15(21)22/h3-9,15H,1-2H3. The van der Waals surface area contributed by atoms with E-state index in [1.54, 1.807) is 26.1 Å². The number of amides is 1. The zero-order chi connectivity index (χ0) is 20.1. The van der Waals surface area contributed by atoms with Crippen molar-refractivity contribution in [1.29, 1.82) is 0 Å². The van der Waals surface area contributed by atoms with Crippen molar-refractivity contribution in [2.45, 2.75) is 19.1 Å². The molecule has 144 valence electrons. The van der Waals surface area contributed by atoms with Crippen LogP contribution < -0.4 is 4.74 Å². The number of hydrogen-bond donors (Lipinski definition) is 0. The number of alkyl halides is 2. The van der Waals surface area contributed by atoms with E-state index in [0.717, 1.165) is 0 Å². The minimum atomic E-state index is -2.88. The van der Waals surface area contributed by atoms with E-state index >= 15 is 0 Å². The number of benzene rings is 2. The van der Waals surface area contributed by atoms with Gasteiger partial charge in [-0.05, 0) is 37.3 Å². The van der Waals surface area contributed by atoms with Gasteiger partial charge in [-0.1, -0.05) is 12.1 Å². The van der Waals surface area contributed by atoms with E-state index in [4.69, 9.17) is 9.15 Å². The molecular weight excluding hydrogens is 375 g/mol. The Bertz CT molecular complexity index is 1050. The third-order valence-corrected chi connectivity index (χ3v) is 4.72. The van der Waals surface area contributed by atoms with Crippen LogP contribution >= 0.6 is 0 Å². The Kier molecular flexibility index (Phi) is 4.10. The highest BCUT2D eigenvalue weighted by Gasteiger charge is 2.42. The van der Waals surface area contributed by atoms with Crippen LogP contribution in [0.3, 0.4) is 0 Å². The fourth-order valence-electron chi connectivity index (χ4n) is 3.03. The Morgan fingerprint density at radius 2 is 1.82 bits per heavy atom. The summed E-state index contributed by atoms with van der Waals surface area (Å²) in [6.07, 6.45) is -2.88. The highest BCUT2D eigenvalue weighted by molar-refractivity contribution is 5.99. The van der Waals surface area contributed by atoms with Crippen LogP contribution in [-0.2, 0) is 5.72 Å². The first-order valence-corrected chi connectivity index (χ1v) is 8.29. The molecule has 6 nitrogen and oxygen atoms in total. The molecule has 3 aromatic rings. The van der Waals surface area contributed by atoms with Crippen molar-refractivity contribution >= 4 is 5.91 Å².